The molecule has 0 aromatic heterocycles. The molecule has 0 aromatic rings. The molecule has 4 nitrogen and oxygen atoms in total. The molecular weight excluding hydrogens is 220 g/mol. The molecule has 4 saturated carbocycles. The van der Waals surface area contributed by atoms with E-state index in [0.29, 0.717) is 32.1 Å². The third kappa shape index (κ3) is 1.54. The van der Waals surface area contributed by atoms with Gasteiger partial charge < -0.3 is 9.84 Å². The molecule has 4 bridgehead atoms. The van der Waals surface area contributed by atoms with E-state index in [1.54, 1.807) is 0 Å². The molecule has 0 spiro atoms. The number of hydrogen-bond donors (Lipinski definition) is 1. The molecule has 17 heavy (non-hydrogen) atoms. The highest BCUT2D eigenvalue weighted by molar-refractivity contribution is 5.87. The minimum atomic E-state index is -0.804. The van der Waals surface area contributed by atoms with Crippen LogP contribution in [0, 0.1) is 11.8 Å². The highest BCUT2D eigenvalue weighted by Gasteiger charge is 2.62. The monoisotopic (exact) mass is 236 g/mol. The van der Waals surface area contributed by atoms with Crippen molar-refractivity contribution in [3.8, 4) is 0 Å². The third-order valence-corrected chi connectivity index (χ3v) is 4.43. The smallest absolute Gasteiger partial charge is 0.330 e. The van der Waals surface area contributed by atoms with Crippen LogP contribution in [-0.4, -0.2) is 28.1 Å². The van der Waals surface area contributed by atoms with Gasteiger partial charge in [-0.25, -0.2) is 4.79 Å². The normalized spacial score (nSPS) is 47.0. The van der Waals surface area contributed by atoms with Gasteiger partial charge in [-0.15, -0.1) is 0 Å². The van der Waals surface area contributed by atoms with Crippen LogP contribution in [0.1, 0.15) is 32.1 Å². The van der Waals surface area contributed by atoms with Crippen LogP contribution in [0.25, 0.3) is 0 Å². The molecule has 0 aliphatic heterocycles. The topological polar surface area (TPSA) is 63.6 Å². The van der Waals surface area contributed by atoms with Crippen LogP contribution in [0.2, 0.25) is 0 Å². The first-order chi connectivity index (χ1) is 7.95. The minimum absolute atomic E-state index is 0.126. The predicted molar refractivity (Wildman–Crippen MR) is 59.0 cm³/mol. The Kier molecular flexibility index (Phi) is 2.06. The van der Waals surface area contributed by atoms with E-state index in [1.807, 2.05) is 0 Å². The lowest BCUT2D eigenvalue weighted by atomic mass is 9.51. The average Bonchev–Trinajstić information content (AvgIpc) is 2.22. The molecule has 4 rings (SSSR count). The van der Waals surface area contributed by atoms with Crippen molar-refractivity contribution in [1.82, 2.24) is 0 Å². The van der Waals surface area contributed by atoms with Gasteiger partial charge in [0.2, 0.25) is 0 Å². The second kappa shape index (κ2) is 3.19. The van der Waals surface area contributed by atoms with Crippen LogP contribution >= 0.6 is 0 Å². The number of ketones is 1. The first kappa shape index (κ1) is 11.0. The molecule has 4 fully saturated rings. The van der Waals surface area contributed by atoms with E-state index in [0.717, 1.165) is 6.08 Å². The van der Waals surface area contributed by atoms with Crippen molar-refractivity contribution in [1.29, 1.82) is 0 Å². The van der Waals surface area contributed by atoms with Crippen molar-refractivity contribution in [2.75, 3.05) is 0 Å². The maximum atomic E-state index is 11.9. The van der Waals surface area contributed by atoms with Gasteiger partial charge in [0.05, 0.1) is 5.60 Å². The van der Waals surface area contributed by atoms with Crippen LogP contribution in [0.3, 0.4) is 0 Å². The summed E-state index contributed by atoms with van der Waals surface area (Å²) >= 11 is 0. The van der Waals surface area contributed by atoms with E-state index >= 15 is 0 Å². The summed E-state index contributed by atoms with van der Waals surface area (Å²) in [4.78, 5) is 23.3. The summed E-state index contributed by atoms with van der Waals surface area (Å²) in [6, 6.07) is 0. The molecule has 1 N–H and O–H groups in total. The van der Waals surface area contributed by atoms with Crippen LogP contribution in [-0.2, 0) is 14.3 Å². The van der Waals surface area contributed by atoms with E-state index in [9.17, 15) is 14.7 Å². The van der Waals surface area contributed by atoms with Gasteiger partial charge in [0.25, 0.3) is 0 Å². The number of ether oxygens (including phenoxy) is 1. The number of carbonyl (C=O) groups is 2. The highest BCUT2D eigenvalue weighted by Crippen LogP contribution is 2.57. The maximum absolute atomic E-state index is 11.9. The standard InChI is InChI=1S/C13H16O4/c1-2-10(14)17-13-5-8-3-12(16,7-13)4-9(6-13)11(8)15/h2,8-9,16H,1,3-7H2. The predicted octanol–water partition coefficient (Wildman–Crippen LogP) is 0.978. The molecule has 92 valence electrons. The molecule has 4 heteroatoms. The Hall–Kier alpha value is -1.16. The fraction of sp³-hybridized carbons (Fsp3) is 0.692. The number of rotatable bonds is 2. The van der Waals surface area contributed by atoms with Crippen LogP contribution in [0.5, 0.6) is 0 Å². The lowest BCUT2D eigenvalue weighted by Crippen LogP contribution is -2.63. The van der Waals surface area contributed by atoms with Crippen molar-refractivity contribution in [3.63, 3.8) is 0 Å². The molecule has 0 aromatic carbocycles. The van der Waals surface area contributed by atoms with Crippen molar-refractivity contribution in [2.24, 2.45) is 11.8 Å². The minimum Gasteiger partial charge on any atom is -0.456 e. The molecule has 4 aliphatic carbocycles. The van der Waals surface area contributed by atoms with Gasteiger partial charge in [-0.3, -0.25) is 4.79 Å². The maximum Gasteiger partial charge on any atom is 0.330 e. The fourth-order valence-electron chi connectivity index (χ4n) is 4.12. The van der Waals surface area contributed by atoms with Gasteiger partial charge in [-0.1, -0.05) is 6.58 Å². The van der Waals surface area contributed by atoms with Gasteiger partial charge in [-0.2, -0.15) is 0 Å². The molecule has 0 amide bonds. The Morgan fingerprint density at radius 2 is 1.94 bits per heavy atom. The lowest BCUT2D eigenvalue weighted by molar-refractivity contribution is -0.214. The Morgan fingerprint density at radius 1 is 1.35 bits per heavy atom. The molecule has 0 radical (unpaired) electrons. The van der Waals surface area contributed by atoms with Gasteiger partial charge in [0.15, 0.2) is 0 Å². The second-order valence-corrected chi connectivity index (χ2v) is 5.82. The first-order valence-corrected chi connectivity index (χ1v) is 6.07. The van der Waals surface area contributed by atoms with E-state index in [2.05, 4.69) is 6.58 Å². The van der Waals surface area contributed by atoms with E-state index < -0.39 is 17.2 Å². The second-order valence-electron chi connectivity index (χ2n) is 5.82. The third-order valence-electron chi connectivity index (χ3n) is 4.43. The SMILES string of the molecule is C=CC(=O)OC12CC3CC(O)(CC(C1)C3=O)C2. The van der Waals surface area contributed by atoms with Crippen LogP contribution < -0.4 is 0 Å². The lowest BCUT2D eigenvalue weighted by Gasteiger charge is -2.58. The van der Waals surface area contributed by atoms with Crippen molar-refractivity contribution >= 4 is 11.8 Å². The van der Waals surface area contributed by atoms with Crippen molar-refractivity contribution in [2.45, 2.75) is 43.3 Å². The van der Waals surface area contributed by atoms with Gasteiger partial charge in [-0.05, 0) is 25.7 Å². The van der Waals surface area contributed by atoms with Crippen molar-refractivity contribution < 1.29 is 19.4 Å². The van der Waals surface area contributed by atoms with E-state index in [-0.39, 0.29) is 17.6 Å². The highest BCUT2D eigenvalue weighted by atomic mass is 16.6. The van der Waals surface area contributed by atoms with Gasteiger partial charge in [0.1, 0.15) is 11.4 Å². The summed E-state index contributed by atoms with van der Waals surface area (Å²) in [5.74, 6) is -0.458. The number of hydrogen-bond acceptors (Lipinski definition) is 4. The molecule has 0 saturated heterocycles. The molecular formula is C13H16O4. The number of carbonyl (C=O) groups excluding carboxylic acids is 2. The Balaban J connectivity index is 1.91. The summed E-state index contributed by atoms with van der Waals surface area (Å²) in [5.41, 5.74) is -1.43. The van der Waals surface area contributed by atoms with Crippen LogP contribution in [0.15, 0.2) is 12.7 Å². The van der Waals surface area contributed by atoms with E-state index in [4.69, 9.17) is 4.74 Å². The van der Waals surface area contributed by atoms with Gasteiger partial charge in [0, 0.05) is 24.3 Å². The van der Waals surface area contributed by atoms with E-state index in [1.165, 1.54) is 0 Å². The Morgan fingerprint density at radius 3 is 2.47 bits per heavy atom. The summed E-state index contributed by atoms with van der Waals surface area (Å²) < 4.78 is 5.44. The van der Waals surface area contributed by atoms with Gasteiger partial charge >= 0.3 is 5.97 Å². The summed E-state index contributed by atoms with van der Waals surface area (Å²) in [5, 5.41) is 10.4. The number of esters is 1. The quantitative estimate of drug-likeness (QED) is 0.573. The molecule has 4 aliphatic rings. The van der Waals surface area contributed by atoms with Crippen LogP contribution in [0.4, 0.5) is 0 Å². The average molecular weight is 236 g/mol. The molecule has 2 unspecified atom stereocenters. The Labute approximate surface area is 99.6 Å². The Bertz CT molecular complexity index is 394. The summed E-state index contributed by atoms with van der Waals surface area (Å²) in [6.45, 7) is 3.39. The summed E-state index contributed by atoms with van der Waals surface area (Å²) in [6.07, 6.45) is 3.84. The number of aliphatic hydroxyl groups is 1. The zero-order valence-electron chi connectivity index (χ0n) is 9.65. The van der Waals surface area contributed by atoms with Crippen molar-refractivity contribution in [3.05, 3.63) is 12.7 Å². The number of Topliss-reactive ketones (excluding diaryl/α,β-unsaturated/α-hetero) is 1. The zero-order valence-corrected chi connectivity index (χ0v) is 9.65. The largest absolute Gasteiger partial charge is 0.456 e. The summed E-state index contributed by atoms with van der Waals surface area (Å²) in [7, 11) is 0. The zero-order chi connectivity index (χ0) is 12.3. The fourth-order valence-corrected chi connectivity index (χ4v) is 4.12. The molecule has 2 atom stereocenters. The molecule has 0 heterocycles. The first-order valence-electron chi connectivity index (χ1n) is 6.07.